The van der Waals surface area contributed by atoms with Gasteiger partial charge in [-0.1, -0.05) is 35.9 Å². The summed E-state index contributed by atoms with van der Waals surface area (Å²) in [6, 6.07) is 17.0. The molecule has 2 amide bonds. The Morgan fingerprint density at radius 2 is 1.73 bits per heavy atom. The van der Waals surface area contributed by atoms with Gasteiger partial charge in [0, 0.05) is 12.6 Å². The summed E-state index contributed by atoms with van der Waals surface area (Å²) in [4.78, 5) is 36.2. The van der Waals surface area contributed by atoms with Crippen LogP contribution in [0.25, 0.3) is 10.8 Å². The highest BCUT2D eigenvalue weighted by molar-refractivity contribution is 6.32. The summed E-state index contributed by atoms with van der Waals surface area (Å²) in [6.07, 6.45) is 0. The molecule has 0 unspecified atom stereocenters. The van der Waals surface area contributed by atoms with Crippen LogP contribution in [0.15, 0.2) is 54.6 Å². The van der Waals surface area contributed by atoms with E-state index >= 15 is 0 Å². The molecule has 3 aromatic rings. The molecule has 150 valence electrons. The molecule has 0 aliphatic heterocycles. The van der Waals surface area contributed by atoms with E-state index in [-0.39, 0.29) is 22.1 Å². The average Bonchev–Trinajstić information content (AvgIpc) is 2.71. The number of ether oxygens (including phenoxy) is 1. The van der Waals surface area contributed by atoms with Crippen LogP contribution in [-0.4, -0.2) is 24.4 Å². The van der Waals surface area contributed by atoms with E-state index in [1.807, 2.05) is 30.3 Å². The highest BCUT2D eigenvalue weighted by Gasteiger charge is 2.17. The van der Waals surface area contributed by atoms with Crippen molar-refractivity contribution in [1.29, 1.82) is 5.26 Å². The molecule has 8 heteroatoms. The predicted molar refractivity (Wildman–Crippen MR) is 113 cm³/mol. The monoisotopic (exact) mass is 421 g/mol. The molecule has 0 aromatic heterocycles. The molecule has 2 N–H and O–H groups in total. The van der Waals surface area contributed by atoms with Crippen molar-refractivity contribution < 1.29 is 19.1 Å². The van der Waals surface area contributed by atoms with E-state index in [9.17, 15) is 14.4 Å². The van der Waals surface area contributed by atoms with Gasteiger partial charge in [0.05, 0.1) is 21.8 Å². The lowest BCUT2D eigenvalue weighted by Crippen LogP contribution is -2.21. The van der Waals surface area contributed by atoms with Crippen molar-refractivity contribution >= 4 is 51.5 Å². The number of fused-ring (bicyclic) bond motifs is 1. The fourth-order valence-corrected chi connectivity index (χ4v) is 3.01. The van der Waals surface area contributed by atoms with Crippen LogP contribution < -0.4 is 10.6 Å². The standard InChI is InChI=1S/C22H16ClN3O4/c1-13(27)25-20-9-15-5-3-2-4-14(15)8-18(20)22(29)30-12-21(28)26-17-7-6-16(11-24)19(23)10-17/h2-10H,12H2,1H3,(H,25,27)(H,26,28). The Labute approximate surface area is 177 Å². The van der Waals surface area contributed by atoms with Gasteiger partial charge in [-0.2, -0.15) is 5.26 Å². The van der Waals surface area contributed by atoms with Gasteiger partial charge in [-0.15, -0.1) is 0 Å². The third kappa shape index (κ3) is 4.93. The number of halogens is 1. The minimum atomic E-state index is -0.752. The normalized spacial score (nSPS) is 10.2. The fourth-order valence-electron chi connectivity index (χ4n) is 2.79. The van der Waals surface area contributed by atoms with Crippen molar-refractivity contribution in [2.24, 2.45) is 0 Å². The number of hydrogen-bond donors (Lipinski definition) is 2. The van der Waals surface area contributed by atoms with Crippen molar-refractivity contribution in [2.75, 3.05) is 17.2 Å². The molecule has 3 aromatic carbocycles. The second-order valence-corrected chi connectivity index (χ2v) is 6.76. The SMILES string of the molecule is CC(=O)Nc1cc2ccccc2cc1C(=O)OCC(=O)Nc1ccc(C#N)c(Cl)c1. The highest BCUT2D eigenvalue weighted by atomic mass is 35.5. The summed E-state index contributed by atoms with van der Waals surface area (Å²) in [5.41, 5.74) is 1.08. The maximum atomic E-state index is 12.6. The molecule has 0 radical (unpaired) electrons. The Balaban J connectivity index is 1.73. The second kappa shape index (κ2) is 9.07. The molecule has 0 heterocycles. The number of esters is 1. The van der Waals surface area contributed by atoms with E-state index in [0.717, 1.165) is 10.8 Å². The zero-order valence-electron chi connectivity index (χ0n) is 15.9. The van der Waals surface area contributed by atoms with Crippen LogP contribution >= 0.6 is 11.6 Å². The van der Waals surface area contributed by atoms with Gasteiger partial charge in [0.25, 0.3) is 5.91 Å². The molecule has 0 aliphatic rings. The Bertz CT molecular complexity index is 1200. The maximum absolute atomic E-state index is 12.6. The van der Waals surface area contributed by atoms with Gasteiger partial charge in [-0.25, -0.2) is 4.79 Å². The number of rotatable bonds is 5. The van der Waals surface area contributed by atoms with E-state index in [2.05, 4.69) is 10.6 Å². The number of benzene rings is 3. The van der Waals surface area contributed by atoms with Gasteiger partial charge in [-0.05, 0) is 41.1 Å². The molecule has 0 aliphatic carbocycles. The molecule has 3 rings (SSSR count). The topological polar surface area (TPSA) is 108 Å². The molecular formula is C22H16ClN3O4. The largest absolute Gasteiger partial charge is 0.452 e. The van der Waals surface area contributed by atoms with Crippen molar-refractivity contribution in [1.82, 2.24) is 0 Å². The number of amides is 2. The first-order chi connectivity index (χ1) is 14.4. The number of hydrogen-bond acceptors (Lipinski definition) is 5. The van der Waals surface area contributed by atoms with Crippen LogP contribution in [0.5, 0.6) is 0 Å². The third-order valence-electron chi connectivity index (χ3n) is 4.12. The fraction of sp³-hybridized carbons (Fsp3) is 0.0909. The van der Waals surface area contributed by atoms with Crippen LogP contribution in [-0.2, 0) is 14.3 Å². The van der Waals surface area contributed by atoms with Crippen LogP contribution in [0.3, 0.4) is 0 Å². The van der Waals surface area contributed by atoms with E-state index in [1.54, 1.807) is 12.1 Å². The summed E-state index contributed by atoms with van der Waals surface area (Å²) in [6.45, 7) is 0.795. The van der Waals surface area contributed by atoms with Crippen LogP contribution in [0, 0.1) is 11.3 Å². The van der Waals surface area contributed by atoms with Crippen molar-refractivity contribution in [3.8, 4) is 6.07 Å². The molecular weight excluding hydrogens is 406 g/mol. The number of nitriles is 1. The van der Waals surface area contributed by atoms with E-state index < -0.39 is 18.5 Å². The van der Waals surface area contributed by atoms with Crippen LogP contribution in [0.2, 0.25) is 5.02 Å². The Hall–Kier alpha value is -3.89. The molecule has 30 heavy (non-hydrogen) atoms. The summed E-state index contributed by atoms with van der Waals surface area (Å²) in [5, 5.41) is 15.9. The summed E-state index contributed by atoms with van der Waals surface area (Å²) in [7, 11) is 0. The minimum Gasteiger partial charge on any atom is -0.452 e. The Kier molecular flexibility index (Phi) is 6.30. The lowest BCUT2D eigenvalue weighted by Gasteiger charge is -2.12. The third-order valence-corrected chi connectivity index (χ3v) is 4.44. The number of anilines is 2. The smallest absolute Gasteiger partial charge is 0.340 e. The van der Waals surface area contributed by atoms with Gasteiger partial charge < -0.3 is 15.4 Å². The first-order valence-corrected chi connectivity index (χ1v) is 9.22. The molecule has 0 spiro atoms. The first-order valence-electron chi connectivity index (χ1n) is 8.84. The lowest BCUT2D eigenvalue weighted by molar-refractivity contribution is -0.119. The zero-order valence-corrected chi connectivity index (χ0v) is 16.6. The van der Waals surface area contributed by atoms with Crippen molar-refractivity contribution in [2.45, 2.75) is 6.92 Å². The first kappa shape index (κ1) is 20.8. The molecule has 0 atom stereocenters. The maximum Gasteiger partial charge on any atom is 0.340 e. The molecule has 7 nitrogen and oxygen atoms in total. The van der Waals surface area contributed by atoms with Gasteiger partial charge in [0.2, 0.25) is 5.91 Å². The Morgan fingerprint density at radius 3 is 2.37 bits per heavy atom. The lowest BCUT2D eigenvalue weighted by atomic mass is 10.0. The Morgan fingerprint density at radius 1 is 1.03 bits per heavy atom. The van der Waals surface area contributed by atoms with Gasteiger partial charge in [-0.3, -0.25) is 9.59 Å². The summed E-state index contributed by atoms with van der Waals surface area (Å²) in [5.74, 6) is -1.67. The predicted octanol–water partition coefficient (Wildman–Crippen LogP) is 4.12. The van der Waals surface area contributed by atoms with Crippen molar-refractivity contribution in [3.63, 3.8) is 0 Å². The van der Waals surface area contributed by atoms with Crippen molar-refractivity contribution in [3.05, 3.63) is 70.7 Å². The second-order valence-electron chi connectivity index (χ2n) is 6.36. The number of carbonyl (C=O) groups is 3. The van der Waals surface area contributed by atoms with E-state index in [1.165, 1.54) is 25.1 Å². The van der Waals surface area contributed by atoms with Crippen LogP contribution in [0.4, 0.5) is 11.4 Å². The number of nitrogens with zero attached hydrogens (tertiary/aromatic N) is 1. The quantitative estimate of drug-likeness (QED) is 0.602. The minimum absolute atomic E-state index is 0.137. The number of nitrogens with one attached hydrogen (secondary N) is 2. The van der Waals surface area contributed by atoms with Crippen LogP contribution in [0.1, 0.15) is 22.8 Å². The average molecular weight is 422 g/mol. The number of carbonyl (C=O) groups excluding carboxylic acids is 3. The molecule has 0 bridgehead atoms. The summed E-state index contributed by atoms with van der Waals surface area (Å²) >= 11 is 5.93. The van der Waals surface area contributed by atoms with Gasteiger partial charge >= 0.3 is 5.97 Å². The molecule has 0 saturated heterocycles. The molecule has 0 fully saturated rings. The zero-order chi connectivity index (χ0) is 21.7. The van der Waals surface area contributed by atoms with E-state index in [0.29, 0.717) is 11.4 Å². The summed E-state index contributed by atoms with van der Waals surface area (Å²) < 4.78 is 5.12. The highest BCUT2D eigenvalue weighted by Crippen LogP contribution is 2.25. The molecule has 0 saturated carbocycles. The van der Waals surface area contributed by atoms with E-state index in [4.69, 9.17) is 21.6 Å². The van der Waals surface area contributed by atoms with Gasteiger partial charge in [0.1, 0.15) is 6.07 Å². The van der Waals surface area contributed by atoms with Gasteiger partial charge in [0.15, 0.2) is 6.61 Å².